The van der Waals surface area contributed by atoms with E-state index >= 15 is 0 Å². The Morgan fingerprint density at radius 3 is 2.44 bits per heavy atom. The van der Waals surface area contributed by atoms with Crippen LogP contribution in [0.1, 0.15) is 16.8 Å². The average Bonchev–Trinajstić information content (AvgIpc) is 2.63. The fourth-order valence-electron chi connectivity index (χ4n) is 2.75. The molecular weight excluding hydrogens is 322 g/mol. The first-order chi connectivity index (χ1) is 12.1. The summed E-state index contributed by atoms with van der Waals surface area (Å²) in [5.41, 5.74) is 0.498. The van der Waals surface area contributed by atoms with Gasteiger partial charge in [-0.3, -0.25) is 9.59 Å². The van der Waals surface area contributed by atoms with E-state index in [1.807, 2.05) is 30.3 Å². The van der Waals surface area contributed by atoms with Gasteiger partial charge in [0.1, 0.15) is 11.5 Å². The molecule has 6 nitrogen and oxygen atoms in total. The number of nitrogens with zero attached hydrogens (tertiary/aromatic N) is 1. The fraction of sp³-hybridized carbons (Fsp3) is 0.263. The van der Waals surface area contributed by atoms with Gasteiger partial charge in [-0.2, -0.15) is 0 Å². The van der Waals surface area contributed by atoms with Crippen LogP contribution >= 0.6 is 0 Å². The van der Waals surface area contributed by atoms with Crippen LogP contribution in [0.5, 0.6) is 11.5 Å². The summed E-state index contributed by atoms with van der Waals surface area (Å²) in [4.78, 5) is 25.3. The SMILES string of the molecule is O=C(O)CC1COCCN1C(=O)c1ccc(Oc2ccccc2)cc1. The standard InChI is InChI=1S/C19H19NO5/c21-18(22)12-15-13-24-11-10-20(15)19(23)14-6-8-17(9-7-14)25-16-4-2-1-3-5-16/h1-9,15H,10-13H2,(H,21,22). The van der Waals surface area contributed by atoms with E-state index in [4.69, 9.17) is 14.6 Å². The Morgan fingerprint density at radius 2 is 1.76 bits per heavy atom. The van der Waals surface area contributed by atoms with Crippen LogP contribution in [-0.2, 0) is 9.53 Å². The van der Waals surface area contributed by atoms with Gasteiger partial charge in [0, 0.05) is 12.1 Å². The molecule has 2 aromatic carbocycles. The van der Waals surface area contributed by atoms with Crippen molar-refractivity contribution in [2.75, 3.05) is 19.8 Å². The lowest BCUT2D eigenvalue weighted by atomic mass is 10.1. The molecular formula is C19H19NO5. The number of amides is 1. The zero-order valence-electron chi connectivity index (χ0n) is 13.6. The number of aliphatic carboxylic acids is 1. The normalized spacial score (nSPS) is 17.1. The Kier molecular flexibility index (Phi) is 5.30. The third-order valence-corrected chi connectivity index (χ3v) is 3.98. The number of ether oxygens (including phenoxy) is 2. The predicted molar refractivity (Wildman–Crippen MR) is 90.9 cm³/mol. The van der Waals surface area contributed by atoms with Crippen LogP contribution in [0.25, 0.3) is 0 Å². The quantitative estimate of drug-likeness (QED) is 0.905. The Morgan fingerprint density at radius 1 is 1.08 bits per heavy atom. The molecule has 1 saturated heterocycles. The molecule has 0 aromatic heterocycles. The first-order valence-corrected chi connectivity index (χ1v) is 8.07. The lowest BCUT2D eigenvalue weighted by Gasteiger charge is -2.34. The molecule has 1 heterocycles. The first kappa shape index (κ1) is 17.0. The number of para-hydroxylation sites is 1. The van der Waals surface area contributed by atoms with Crippen LogP contribution in [-0.4, -0.2) is 47.7 Å². The second-order valence-corrected chi connectivity index (χ2v) is 5.76. The number of hydrogen-bond donors (Lipinski definition) is 1. The van der Waals surface area contributed by atoms with Gasteiger partial charge in [0.15, 0.2) is 0 Å². The lowest BCUT2D eigenvalue weighted by Crippen LogP contribution is -2.49. The number of rotatable bonds is 5. The van der Waals surface area contributed by atoms with Crippen LogP contribution in [0.3, 0.4) is 0 Å². The number of carboxylic acid groups (broad SMARTS) is 1. The predicted octanol–water partition coefficient (Wildman–Crippen LogP) is 2.79. The van der Waals surface area contributed by atoms with Crippen molar-refractivity contribution in [1.82, 2.24) is 4.90 Å². The summed E-state index contributed by atoms with van der Waals surface area (Å²) in [6.07, 6.45) is -0.124. The van der Waals surface area contributed by atoms with Gasteiger partial charge in [0.25, 0.3) is 5.91 Å². The Labute approximate surface area is 145 Å². The van der Waals surface area contributed by atoms with Crippen molar-refractivity contribution in [2.24, 2.45) is 0 Å². The molecule has 1 aliphatic rings. The van der Waals surface area contributed by atoms with E-state index in [-0.39, 0.29) is 18.9 Å². The summed E-state index contributed by atoms with van der Waals surface area (Å²) >= 11 is 0. The minimum absolute atomic E-state index is 0.124. The number of carbonyl (C=O) groups excluding carboxylic acids is 1. The van der Waals surface area contributed by atoms with Crippen molar-refractivity contribution in [1.29, 1.82) is 0 Å². The zero-order chi connectivity index (χ0) is 17.6. The van der Waals surface area contributed by atoms with Crippen molar-refractivity contribution in [3.63, 3.8) is 0 Å². The van der Waals surface area contributed by atoms with Gasteiger partial charge in [-0.25, -0.2) is 0 Å². The molecule has 0 bridgehead atoms. The molecule has 130 valence electrons. The molecule has 0 aliphatic carbocycles. The van der Waals surface area contributed by atoms with E-state index in [0.717, 1.165) is 5.75 Å². The van der Waals surface area contributed by atoms with E-state index in [1.54, 1.807) is 29.2 Å². The molecule has 1 aliphatic heterocycles. The number of morpholine rings is 1. The monoisotopic (exact) mass is 341 g/mol. The minimum Gasteiger partial charge on any atom is -0.481 e. The second-order valence-electron chi connectivity index (χ2n) is 5.76. The number of benzene rings is 2. The van der Waals surface area contributed by atoms with Gasteiger partial charge in [-0.05, 0) is 36.4 Å². The Bertz CT molecular complexity index is 729. The topological polar surface area (TPSA) is 76.1 Å². The number of carbonyl (C=O) groups is 2. The summed E-state index contributed by atoms with van der Waals surface area (Å²) < 4.78 is 11.0. The van der Waals surface area contributed by atoms with E-state index < -0.39 is 12.0 Å². The maximum atomic E-state index is 12.7. The van der Waals surface area contributed by atoms with Gasteiger partial charge in [0.2, 0.25) is 0 Å². The van der Waals surface area contributed by atoms with Crippen molar-refractivity contribution >= 4 is 11.9 Å². The Balaban J connectivity index is 1.70. The molecule has 1 fully saturated rings. The van der Waals surface area contributed by atoms with E-state index in [2.05, 4.69) is 0 Å². The van der Waals surface area contributed by atoms with Crippen molar-refractivity contribution in [3.05, 3.63) is 60.2 Å². The van der Waals surface area contributed by atoms with Crippen LogP contribution in [0.2, 0.25) is 0 Å². The molecule has 2 aromatic rings. The van der Waals surface area contributed by atoms with Crippen molar-refractivity contribution in [2.45, 2.75) is 12.5 Å². The lowest BCUT2D eigenvalue weighted by molar-refractivity contribution is -0.139. The van der Waals surface area contributed by atoms with Crippen molar-refractivity contribution in [3.8, 4) is 11.5 Å². The summed E-state index contributed by atoms with van der Waals surface area (Å²) in [5.74, 6) is 0.212. The van der Waals surface area contributed by atoms with Gasteiger partial charge in [0.05, 0.1) is 25.7 Å². The highest BCUT2D eigenvalue weighted by Crippen LogP contribution is 2.22. The number of carboxylic acids is 1. The van der Waals surface area contributed by atoms with Gasteiger partial charge in [-0.1, -0.05) is 18.2 Å². The highest BCUT2D eigenvalue weighted by atomic mass is 16.5. The zero-order valence-corrected chi connectivity index (χ0v) is 13.6. The molecule has 0 radical (unpaired) electrons. The minimum atomic E-state index is -0.945. The highest BCUT2D eigenvalue weighted by Gasteiger charge is 2.29. The Hall–Kier alpha value is -2.86. The maximum Gasteiger partial charge on any atom is 0.305 e. The molecule has 6 heteroatoms. The molecule has 0 spiro atoms. The first-order valence-electron chi connectivity index (χ1n) is 8.07. The highest BCUT2D eigenvalue weighted by molar-refractivity contribution is 5.94. The van der Waals surface area contributed by atoms with E-state index in [9.17, 15) is 9.59 Å². The number of hydrogen-bond acceptors (Lipinski definition) is 4. The smallest absolute Gasteiger partial charge is 0.305 e. The summed E-state index contributed by atoms with van der Waals surface area (Å²) in [7, 11) is 0. The summed E-state index contributed by atoms with van der Waals surface area (Å²) in [5, 5.41) is 9.00. The summed E-state index contributed by atoms with van der Waals surface area (Å²) in [6.45, 7) is 1.04. The van der Waals surface area contributed by atoms with Crippen LogP contribution in [0.15, 0.2) is 54.6 Å². The average molecular weight is 341 g/mol. The molecule has 1 N–H and O–H groups in total. The van der Waals surface area contributed by atoms with Crippen LogP contribution in [0.4, 0.5) is 0 Å². The molecule has 3 rings (SSSR count). The van der Waals surface area contributed by atoms with Gasteiger partial charge < -0.3 is 19.5 Å². The molecule has 1 unspecified atom stereocenters. The van der Waals surface area contributed by atoms with Gasteiger partial charge >= 0.3 is 5.97 Å². The molecule has 0 saturated carbocycles. The third kappa shape index (κ3) is 4.36. The molecule has 25 heavy (non-hydrogen) atoms. The van der Waals surface area contributed by atoms with Crippen LogP contribution < -0.4 is 4.74 Å². The fourth-order valence-corrected chi connectivity index (χ4v) is 2.75. The van der Waals surface area contributed by atoms with E-state index in [0.29, 0.717) is 24.5 Å². The summed E-state index contributed by atoms with van der Waals surface area (Å²) in [6, 6.07) is 15.8. The van der Waals surface area contributed by atoms with Crippen LogP contribution in [0, 0.1) is 0 Å². The third-order valence-electron chi connectivity index (χ3n) is 3.98. The van der Waals surface area contributed by atoms with Crippen molar-refractivity contribution < 1.29 is 24.2 Å². The largest absolute Gasteiger partial charge is 0.481 e. The second kappa shape index (κ2) is 7.81. The van der Waals surface area contributed by atoms with E-state index in [1.165, 1.54) is 0 Å². The molecule has 1 atom stereocenters. The maximum absolute atomic E-state index is 12.7. The van der Waals surface area contributed by atoms with Gasteiger partial charge in [-0.15, -0.1) is 0 Å². The molecule has 1 amide bonds.